The molecule has 2 unspecified atom stereocenters. The van der Waals surface area contributed by atoms with E-state index in [0.29, 0.717) is 5.69 Å². The van der Waals surface area contributed by atoms with Gasteiger partial charge in [0, 0.05) is 36.3 Å². The molecule has 0 radical (unpaired) electrons. The lowest BCUT2D eigenvalue weighted by Gasteiger charge is -2.19. The number of anilines is 1. The zero-order valence-corrected chi connectivity index (χ0v) is 15.0. The van der Waals surface area contributed by atoms with Gasteiger partial charge in [0.15, 0.2) is 0 Å². The molecule has 3 nitrogen and oxygen atoms in total. The molecule has 134 valence electrons. The molecule has 0 fully saturated rings. The van der Waals surface area contributed by atoms with Crippen LogP contribution in [0.4, 0.5) is 14.5 Å². The quantitative estimate of drug-likeness (QED) is 0.487. The molecule has 0 aromatic heterocycles. The van der Waals surface area contributed by atoms with Crippen molar-refractivity contribution in [2.75, 3.05) is 12.4 Å². The molecule has 0 aliphatic carbocycles. The molecule has 24 heavy (non-hydrogen) atoms. The summed E-state index contributed by atoms with van der Waals surface area (Å²) in [6, 6.07) is 7.39. The normalized spacial score (nSPS) is 14.4. The van der Waals surface area contributed by atoms with Gasteiger partial charge in [-0.2, -0.15) is 0 Å². The molecule has 2 atom stereocenters. The van der Waals surface area contributed by atoms with Crippen molar-refractivity contribution >= 4 is 23.2 Å². The lowest BCUT2D eigenvalue weighted by Crippen LogP contribution is -2.19. The van der Waals surface area contributed by atoms with E-state index in [2.05, 4.69) is 10.6 Å². The Morgan fingerprint density at radius 3 is 2.58 bits per heavy atom. The van der Waals surface area contributed by atoms with Gasteiger partial charge in [0.2, 0.25) is 6.43 Å². The highest BCUT2D eigenvalue weighted by atomic mass is 35.5. The largest absolute Gasteiger partial charge is 0.394 e. The van der Waals surface area contributed by atoms with Gasteiger partial charge in [-0.25, -0.2) is 8.78 Å². The predicted molar refractivity (Wildman–Crippen MR) is 95.8 cm³/mol. The van der Waals surface area contributed by atoms with Crippen LogP contribution in [0.1, 0.15) is 44.6 Å². The minimum Gasteiger partial charge on any atom is -0.394 e. The topological polar surface area (TPSA) is 41.1 Å². The maximum atomic E-state index is 12.6. The van der Waals surface area contributed by atoms with Crippen molar-refractivity contribution in [1.29, 1.82) is 0 Å². The van der Waals surface area contributed by atoms with Crippen molar-refractivity contribution in [1.82, 2.24) is 5.32 Å². The van der Waals surface area contributed by atoms with Crippen molar-refractivity contribution in [3.63, 3.8) is 0 Å². The second-order valence-electron chi connectivity index (χ2n) is 5.74. The van der Waals surface area contributed by atoms with E-state index in [0.717, 1.165) is 18.4 Å². The van der Waals surface area contributed by atoms with Crippen LogP contribution in [0.5, 0.6) is 0 Å². The molecule has 1 aromatic rings. The maximum Gasteiger partial charge on any atom is 0.253 e. The first-order valence-electron chi connectivity index (χ1n) is 8.07. The number of alkyl halides is 3. The van der Waals surface area contributed by atoms with E-state index in [9.17, 15) is 13.6 Å². The fraction of sp³-hybridized carbons (Fsp3) is 0.500. The van der Waals surface area contributed by atoms with Gasteiger partial charge in [0.05, 0.1) is 0 Å². The summed E-state index contributed by atoms with van der Waals surface area (Å²) in [4.78, 5) is 12.3. The highest BCUT2D eigenvalue weighted by Crippen LogP contribution is 2.30. The summed E-state index contributed by atoms with van der Waals surface area (Å²) in [7, 11) is 1.57. The summed E-state index contributed by atoms with van der Waals surface area (Å²) in [5.41, 5.74) is 1.59. The third kappa shape index (κ3) is 6.48. The molecule has 0 heterocycles. The molecule has 0 bridgehead atoms. The molecule has 0 aliphatic heterocycles. The molecule has 2 N–H and O–H groups in total. The number of para-hydroxylation sites is 1. The number of halogens is 3. The Bertz CT molecular complexity index is 564. The van der Waals surface area contributed by atoms with Crippen LogP contribution in [0.2, 0.25) is 0 Å². The lowest BCUT2D eigenvalue weighted by molar-refractivity contribution is -0.113. The second-order valence-corrected chi connectivity index (χ2v) is 6.35. The summed E-state index contributed by atoms with van der Waals surface area (Å²) in [6.45, 7) is 4.07. The molecule has 1 rings (SSSR count). The third-order valence-electron chi connectivity index (χ3n) is 3.78. The fourth-order valence-electron chi connectivity index (χ4n) is 2.48. The van der Waals surface area contributed by atoms with Gasteiger partial charge in [-0.1, -0.05) is 32.0 Å². The number of rotatable bonds is 9. The van der Waals surface area contributed by atoms with E-state index in [-0.39, 0.29) is 16.9 Å². The van der Waals surface area contributed by atoms with Crippen LogP contribution in [0.3, 0.4) is 0 Å². The van der Waals surface area contributed by atoms with Crippen LogP contribution >= 0.6 is 11.6 Å². The molecular formula is C18H25ClF2N2O. The summed E-state index contributed by atoms with van der Waals surface area (Å²) in [5.74, 6) is -0.377. The standard InChI is InChI=1S/C18H25ClF2N2O/c1-4-14(19)9-12(2)15-7-5-6-8-16(15)23-18(24)13(11-22-3)10-17(20)21/h5-8,11-12,14,17,22H,4,9-10H2,1-3H3,(H,23,24)/b13-11+. The summed E-state index contributed by atoms with van der Waals surface area (Å²) >= 11 is 6.23. The Balaban J connectivity index is 2.94. The van der Waals surface area contributed by atoms with Gasteiger partial charge in [-0.3, -0.25) is 4.79 Å². The Morgan fingerprint density at radius 1 is 1.33 bits per heavy atom. The van der Waals surface area contributed by atoms with Crippen molar-refractivity contribution in [2.24, 2.45) is 0 Å². The molecule has 0 aliphatic rings. The molecule has 0 spiro atoms. The number of benzene rings is 1. The van der Waals surface area contributed by atoms with Gasteiger partial charge in [0.1, 0.15) is 0 Å². The Hall–Kier alpha value is -1.62. The first-order chi connectivity index (χ1) is 11.4. The SMILES string of the molecule is CCC(Cl)CC(C)c1ccccc1NC(=O)/C(=C/NC)CC(F)F. The minimum absolute atomic E-state index is 0.0127. The van der Waals surface area contributed by atoms with Gasteiger partial charge in [-0.05, 0) is 30.4 Å². The molecular weight excluding hydrogens is 334 g/mol. The lowest BCUT2D eigenvalue weighted by atomic mass is 9.93. The van der Waals surface area contributed by atoms with E-state index in [1.165, 1.54) is 6.20 Å². The van der Waals surface area contributed by atoms with E-state index in [1.54, 1.807) is 19.2 Å². The fourth-order valence-corrected chi connectivity index (χ4v) is 2.75. The zero-order valence-electron chi connectivity index (χ0n) is 14.3. The Labute approximate surface area is 147 Å². The number of carbonyl (C=O) groups excluding carboxylic acids is 1. The maximum absolute atomic E-state index is 12.6. The Kier molecular flexibility index (Phi) is 8.76. The molecule has 1 aromatic carbocycles. The monoisotopic (exact) mass is 358 g/mol. The minimum atomic E-state index is -2.58. The van der Waals surface area contributed by atoms with E-state index < -0.39 is 18.8 Å². The predicted octanol–water partition coefficient (Wildman–Crippen LogP) is 4.89. The van der Waals surface area contributed by atoms with Crippen LogP contribution in [0.25, 0.3) is 0 Å². The third-order valence-corrected chi connectivity index (χ3v) is 4.26. The van der Waals surface area contributed by atoms with Gasteiger partial charge >= 0.3 is 0 Å². The summed E-state index contributed by atoms with van der Waals surface area (Å²) in [6.07, 6.45) is -0.222. The summed E-state index contributed by atoms with van der Waals surface area (Å²) < 4.78 is 25.3. The van der Waals surface area contributed by atoms with Gasteiger partial charge < -0.3 is 10.6 Å². The number of carbonyl (C=O) groups is 1. The number of amides is 1. The van der Waals surface area contributed by atoms with Crippen LogP contribution < -0.4 is 10.6 Å². The van der Waals surface area contributed by atoms with Gasteiger partial charge in [-0.15, -0.1) is 11.6 Å². The van der Waals surface area contributed by atoms with Crippen molar-refractivity contribution in [2.45, 2.75) is 50.8 Å². The van der Waals surface area contributed by atoms with Crippen LogP contribution in [0.15, 0.2) is 36.0 Å². The van der Waals surface area contributed by atoms with E-state index >= 15 is 0 Å². The zero-order chi connectivity index (χ0) is 18.1. The first kappa shape index (κ1) is 20.4. The average Bonchev–Trinajstić information content (AvgIpc) is 2.54. The number of nitrogens with one attached hydrogen (secondary N) is 2. The van der Waals surface area contributed by atoms with E-state index in [1.807, 2.05) is 26.0 Å². The van der Waals surface area contributed by atoms with Crippen LogP contribution in [0, 0.1) is 0 Å². The average molecular weight is 359 g/mol. The molecule has 0 saturated heterocycles. The molecule has 1 amide bonds. The van der Waals surface area contributed by atoms with Crippen molar-refractivity contribution in [3.05, 3.63) is 41.6 Å². The van der Waals surface area contributed by atoms with E-state index in [4.69, 9.17) is 11.6 Å². The molecule has 6 heteroatoms. The smallest absolute Gasteiger partial charge is 0.253 e. The van der Waals surface area contributed by atoms with Gasteiger partial charge in [0.25, 0.3) is 5.91 Å². The highest BCUT2D eigenvalue weighted by Gasteiger charge is 2.19. The molecule has 0 saturated carbocycles. The second kappa shape index (κ2) is 10.3. The number of hydrogen-bond donors (Lipinski definition) is 2. The van der Waals surface area contributed by atoms with Crippen LogP contribution in [-0.2, 0) is 4.79 Å². The van der Waals surface area contributed by atoms with Crippen molar-refractivity contribution in [3.8, 4) is 0 Å². The highest BCUT2D eigenvalue weighted by molar-refractivity contribution is 6.20. The van der Waals surface area contributed by atoms with Crippen molar-refractivity contribution < 1.29 is 13.6 Å². The summed E-state index contributed by atoms with van der Waals surface area (Å²) in [5, 5.41) is 5.44. The number of hydrogen-bond acceptors (Lipinski definition) is 2. The first-order valence-corrected chi connectivity index (χ1v) is 8.51. The Morgan fingerprint density at radius 2 is 2.00 bits per heavy atom. The van der Waals surface area contributed by atoms with Crippen LogP contribution in [-0.4, -0.2) is 24.8 Å².